The van der Waals surface area contributed by atoms with Crippen molar-refractivity contribution in [3.63, 3.8) is 0 Å². The highest BCUT2D eigenvalue weighted by Gasteiger charge is 2.65. The summed E-state index contributed by atoms with van der Waals surface area (Å²) in [5.74, 6) is -0.234. The number of ketones is 1. The topological polar surface area (TPSA) is 54.4 Å². The Morgan fingerprint density at radius 3 is 2.44 bits per heavy atom. The minimum absolute atomic E-state index is 0.234. The van der Waals surface area contributed by atoms with Crippen LogP contribution in [0, 0.1) is 17.3 Å². The van der Waals surface area contributed by atoms with Crippen molar-refractivity contribution in [2.75, 3.05) is 0 Å². The second-order valence-corrected chi connectivity index (χ2v) is 6.21. The smallest absolute Gasteiger partial charge is 0.194 e. The van der Waals surface area contributed by atoms with Crippen LogP contribution in [0.4, 0.5) is 0 Å². The molecule has 0 aromatic rings. The van der Waals surface area contributed by atoms with Gasteiger partial charge in [-0.15, -0.1) is 0 Å². The van der Waals surface area contributed by atoms with E-state index in [9.17, 15) is 14.7 Å². The summed E-state index contributed by atoms with van der Waals surface area (Å²) in [4.78, 5) is 23.6. The molecule has 0 saturated heterocycles. The maximum Gasteiger partial charge on any atom is 0.194 e. The lowest BCUT2D eigenvalue weighted by molar-refractivity contribution is -0.137. The number of allylic oxidation sites excluding steroid dienone is 2. The highest BCUT2D eigenvalue weighted by molar-refractivity contribution is 6.10. The molecule has 1 radical (unpaired) electrons. The molecule has 0 bridgehead atoms. The van der Waals surface area contributed by atoms with Crippen molar-refractivity contribution in [1.29, 1.82) is 0 Å². The van der Waals surface area contributed by atoms with Gasteiger partial charge < -0.3 is 9.90 Å². The normalized spacial score (nSPS) is 40.9. The molecule has 1 saturated carbocycles. The van der Waals surface area contributed by atoms with Crippen LogP contribution in [-0.2, 0) is 9.59 Å². The molecular formula is C15H17O3. The van der Waals surface area contributed by atoms with Crippen LogP contribution in [-0.4, -0.2) is 22.8 Å². The average molecular weight is 245 g/mol. The molecule has 0 aromatic heterocycles. The molecule has 0 aliphatic heterocycles. The number of fused-ring (bicyclic) bond motifs is 1. The zero-order valence-electron chi connectivity index (χ0n) is 10.9. The first kappa shape index (κ1) is 11.8. The molecule has 18 heavy (non-hydrogen) atoms. The molecule has 0 amide bonds. The van der Waals surface area contributed by atoms with E-state index in [2.05, 4.69) is 0 Å². The van der Waals surface area contributed by atoms with E-state index < -0.39 is 11.0 Å². The first-order valence-corrected chi connectivity index (χ1v) is 6.31. The zero-order chi connectivity index (χ0) is 13.3. The average Bonchev–Trinajstić information content (AvgIpc) is 3.06. The standard InChI is InChI=1S/C15H17O3/c1-9-10-6-13(2,8-16)7-11(10)12(17)14(3,18)15(9)4-5-15/h6-8,18H,4-5H2,1-3H3/t13-,14+/m1/s1. The zero-order valence-corrected chi connectivity index (χ0v) is 10.9. The van der Waals surface area contributed by atoms with Gasteiger partial charge in [0.15, 0.2) is 5.78 Å². The summed E-state index contributed by atoms with van der Waals surface area (Å²) < 4.78 is 0. The molecule has 0 aromatic carbocycles. The molecule has 0 unspecified atom stereocenters. The van der Waals surface area contributed by atoms with E-state index in [-0.39, 0.29) is 11.2 Å². The van der Waals surface area contributed by atoms with Crippen LogP contribution in [0.15, 0.2) is 22.8 Å². The maximum atomic E-state index is 12.4. The lowest BCUT2D eigenvalue weighted by Gasteiger charge is -2.38. The molecule has 1 N–H and O–H groups in total. The Bertz CT molecular complexity index is 532. The van der Waals surface area contributed by atoms with Crippen LogP contribution < -0.4 is 0 Å². The van der Waals surface area contributed by atoms with E-state index in [1.54, 1.807) is 19.9 Å². The van der Waals surface area contributed by atoms with Gasteiger partial charge >= 0.3 is 0 Å². The van der Waals surface area contributed by atoms with Crippen molar-refractivity contribution < 1.29 is 14.7 Å². The van der Waals surface area contributed by atoms with Crippen molar-refractivity contribution >= 4 is 12.1 Å². The van der Waals surface area contributed by atoms with Gasteiger partial charge in [0, 0.05) is 22.8 Å². The summed E-state index contributed by atoms with van der Waals surface area (Å²) in [6, 6.07) is 0. The van der Waals surface area contributed by atoms with Crippen molar-refractivity contribution in [1.82, 2.24) is 0 Å². The Morgan fingerprint density at radius 1 is 1.33 bits per heavy atom. The van der Waals surface area contributed by atoms with Crippen LogP contribution in [0.3, 0.4) is 0 Å². The molecule has 3 nitrogen and oxygen atoms in total. The number of hydrogen-bond acceptors (Lipinski definition) is 3. The van der Waals surface area contributed by atoms with Gasteiger partial charge in [-0.25, -0.2) is 0 Å². The highest BCUT2D eigenvalue weighted by atomic mass is 16.3. The fourth-order valence-electron chi connectivity index (χ4n) is 3.47. The SMILES string of the molecule is CC1=C2[CH][C@@](C)(C=O)C=C2C(=O)[C@](C)(O)C12CC2. The fourth-order valence-corrected chi connectivity index (χ4v) is 3.47. The third-order valence-electron chi connectivity index (χ3n) is 4.95. The van der Waals surface area contributed by atoms with Gasteiger partial charge in [-0.2, -0.15) is 0 Å². The second-order valence-electron chi connectivity index (χ2n) is 6.21. The Kier molecular flexibility index (Phi) is 1.99. The second kappa shape index (κ2) is 3.02. The number of hydrogen-bond donors (Lipinski definition) is 1. The predicted molar refractivity (Wildman–Crippen MR) is 66.6 cm³/mol. The number of carbonyl (C=O) groups excluding carboxylic acids is 2. The van der Waals surface area contributed by atoms with Crippen molar-refractivity contribution in [2.24, 2.45) is 10.8 Å². The van der Waals surface area contributed by atoms with Gasteiger partial charge in [0.25, 0.3) is 0 Å². The van der Waals surface area contributed by atoms with E-state index in [1.807, 2.05) is 13.3 Å². The van der Waals surface area contributed by atoms with Gasteiger partial charge in [0.2, 0.25) is 0 Å². The fraction of sp³-hybridized carbons (Fsp3) is 0.533. The molecule has 3 aliphatic rings. The van der Waals surface area contributed by atoms with E-state index >= 15 is 0 Å². The summed E-state index contributed by atoms with van der Waals surface area (Å²) >= 11 is 0. The molecule has 0 heterocycles. The Hall–Kier alpha value is -1.22. The summed E-state index contributed by atoms with van der Waals surface area (Å²) in [7, 11) is 0. The van der Waals surface area contributed by atoms with Gasteiger partial charge in [-0.1, -0.05) is 11.6 Å². The molecule has 3 aliphatic carbocycles. The number of Topliss-reactive ketones (excluding diaryl/α,β-unsaturated/α-hetero) is 1. The van der Waals surface area contributed by atoms with Crippen LogP contribution >= 0.6 is 0 Å². The van der Waals surface area contributed by atoms with Crippen molar-refractivity contribution in [2.45, 2.75) is 39.2 Å². The van der Waals surface area contributed by atoms with Gasteiger partial charge in [0.05, 0.1) is 0 Å². The van der Waals surface area contributed by atoms with E-state index in [1.165, 1.54) is 0 Å². The maximum absolute atomic E-state index is 12.4. The lowest BCUT2D eigenvalue weighted by atomic mass is 9.68. The molecule has 1 spiro atoms. The highest BCUT2D eigenvalue weighted by Crippen LogP contribution is 2.65. The predicted octanol–water partition coefficient (Wildman–Crippen LogP) is 1.77. The molecule has 1 fully saturated rings. The molecule has 95 valence electrons. The first-order valence-electron chi connectivity index (χ1n) is 6.31. The molecular weight excluding hydrogens is 228 g/mol. The van der Waals surface area contributed by atoms with Crippen LogP contribution in [0.5, 0.6) is 0 Å². The first-order chi connectivity index (χ1) is 8.27. The number of aliphatic hydroxyl groups is 1. The monoisotopic (exact) mass is 245 g/mol. The van der Waals surface area contributed by atoms with Crippen LogP contribution in [0.2, 0.25) is 0 Å². The van der Waals surface area contributed by atoms with Crippen LogP contribution in [0.1, 0.15) is 33.6 Å². The van der Waals surface area contributed by atoms with Crippen molar-refractivity contribution in [3.8, 4) is 0 Å². The van der Waals surface area contributed by atoms with Crippen LogP contribution in [0.25, 0.3) is 0 Å². The minimum atomic E-state index is -1.33. The van der Waals surface area contributed by atoms with Gasteiger partial charge in [0.1, 0.15) is 11.9 Å². The molecule has 2 atom stereocenters. The van der Waals surface area contributed by atoms with E-state index in [0.29, 0.717) is 5.57 Å². The number of rotatable bonds is 1. The number of aldehydes is 1. The van der Waals surface area contributed by atoms with Gasteiger partial charge in [-0.05, 0) is 39.2 Å². The molecule has 3 rings (SSSR count). The Labute approximate surface area is 107 Å². The quantitative estimate of drug-likeness (QED) is 0.716. The summed E-state index contributed by atoms with van der Waals surface area (Å²) in [5.41, 5.74) is 0.0283. The Balaban J connectivity index is 2.22. The number of carbonyl (C=O) groups is 2. The van der Waals surface area contributed by atoms with Crippen molar-refractivity contribution in [3.05, 3.63) is 29.2 Å². The van der Waals surface area contributed by atoms with E-state index in [0.717, 1.165) is 30.3 Å². The third-order valence-corrected chi connectivity index (χ3v) is 4.95. The minimum Gasteiger partial charge on any atom is -0.381 e. The Morgan fingerprint density at radius 2 is 1.94 bits per heavy atom. The molecule has 3 heteroatoms. The third kappa shape index (κ3) is 1.13. The largest absolute Gasteiger partial charge is 0.381 e. The summed E-state index contributed by atoms with van der Waals surface area (Å²) in [5, 5.41) is 10.6. The van der Waals surface area contributed by atoms with E-state index in [4.69, 9.17) is 0 Å². The van der Waals surface area contributed by atoms with Gasteiger partial charge in [-0.3, -0.25) is 4.79 Å². The summed E-state index contributed by atoms with van der Waals surface area (Å²) in [6.07, 6.45) is 6.09. The summed E-state index contributed by atoms with van der Waals surface area (Å²) in [6.45, 7) is 5.37. The lowest BCUT2D eigenvalue weighted by Crippen LogP contribution is -2.49.